The molecule has 3 aromatic rings. The van der Waals surface area contributed by atoms with E-state index in [1.54, 1.807) is 18.2 Å². The van der Waals surface area contributed by atoms with Crippen LogP contribution < -0.4 is 15.4 Å². The fourth-order valence-corrected chi connectivity index (χ4v) is 4.22. The first-order chi connectivity index (χ1) is 17.3. The molecular formula is C28H29BrCl2N2O4. The SMILES string of the molecule is Cc1cc(C(=O)NCc2ccc(Br)cc2Oc2ccc(Cl)c(Cl)c2)cc(C)c1CNC(=O)OC(C)(C)C. The number of aryl methyl sites for hydroxylation is 2. The Morgan fingerprint density at radius 3 is 2.19 bits per heavy atom. The molecule has 0 aliphatic rings. The van der Waals surface area contributed by atoms with Gasteiger partial charge in [-0.25, -0.2) is 4.79 Å². The largest absolute Gasteiger partial charge is 0.457 e. The average molecular weight is 608 g/mol. The number of carbonyl (C=O) groups excluding carboxylic acids is 2. The smallest absolute Gasteiger partial charge is 0.407 e. The second-order valence-corrected chi connectivity index (χ2v) is 11.3. The quantitative estimate of drug-likeness (QED) is 0.284. The Hall–Kier alpha value is -2.74. The van der Waals surface area contributed by atoms with Gasteiger partial charge >= 0.3 is 6.09 Å². The maximum absolute atomic E-state index is 13.0. The average Bonchev–Trinajstić information content (AvgIpc) is 2.79. The van der Waals surface area contributed by atoms with E-state index in [0.29, 0.717) is 33.7 Å². The van der Waals surface area contributed by atoms with Gasteiger partial charge in [-0.15, -0.1) is 0 Å². The van der Waals surface area contributed by atoms with Crippen molar-refractivity contribution in [1.82, 2.24) is 10.6 Å². The number of nitrogens with one attached hydrogen (secondary N) is 2. The lowest BCUT2D eigenvalue weighted by molar-refractivity contribution is 0.0523. The highest BCUT2D eigenvalue weighted by Crippen LogP contribution is 2.32. The van der Waals surface area contributed by atoms with Crippen molar-refractivity contribution in [2.24, 2.45) is 0 Å². The van der Waals surface area contributed by atoms with Crippen LogP contribution in [-0.4, -0.2) is 17.6 Å². The summed E-state index contributed by atoms with van der Waals surface area (Å²) in [5.74, 6) is 0.882. The lowest BCUT2D eigenvalue weighted by Crippen LogP contribution is -2.32. The Bertz CT molecular complexity index is 1300. The Balaban J connectivity index is 1.69. The van der Waals surface area contributed by atoms with Gasteiger partial charge in [0.25, 0.3) is 5.91 Å². The van der Waals surface area contributed by atoms with Crippen LogP contribution in [0.15, 0.2) is 53.0 Å². The number of carbonyl (C=O) groups is 2. The first kappa shape index (κ1) is 28.8. The van der Waals surface area contributed by atoms with Gasteiger partial charge in [-0.3, -0.25) is 4.79 Å². The fourth-order valence-electron chi connectivity index (χ4n) is 3.59. The van der Waals surface area contributed by atoms with Crippen LogP contribution >= 0.6 is 39.1 Å². The zero-order valence-electron chi connectivity index (χ0n) is 21.3. The zero-order chi connectivity index (χ0) is 27.3. The molecule has 0 unspecified atom stereocenters. The van der Waals surface area contributed by atoms with Crippen molar-refractivity contribution < 1.29 is 19.1 Å². The number of rotatable bonds is 7. The summed E-state index contributed by atoms with van der Waals surface area (Å²) >= 11 is 15.6. The molecule has 37 heavy (non-hydrogen) atoms. The predicted octanol–water partition coefficient (Wildman–Crippen LogP) is 8.12. The third-order valence-corrected chi connectivity index (χ3v) is 6.59. The van der Waals surface area contributed by atoms with Crippen LogP contribution in [0.3, 0.4) is 0 Å². The summed E-state index contributed by atoms with van der Waals surface area (Å²) in [5.41, 5.74) is 3.47. The van der Waals surface area contributed by atoms with Crippen LogP contribution in [0.4, 0.5) is 4.79 Å². The van der Waals surface area contributed by atoms with Crippen molar-refractivity contribution >= 4 is 51.1 Å². The second-order valence-electron chi connectivity index (χ2n) is 9.56. The lowest BCUT2D eigenvalue weighted by atomic mass is 9.99. The molecule has 0 aromatic heterocycles. The van der Waals surface area contributed by atoms with Gasteiger partial charge in [-0.2, -0.15) is 0 Å². The highest BCUT2D eigenvalue weighted by atomic mass is 79.9. The van der Waals surface area contributed by atoms with E-state index in [0.717, 1.165) is 26.7 Å². The molecule has 0 aliphatic heterocycles. The summed E-state index contributed by atoms with van der Waals surface area (Å²) in [4.78, 5) is 25.0. The number of amides is 2. The van der Waals surface area contributed by atoms with E-state index in [1.807, 2.05) is 65.0 Å². The van der Waals surface area contributed by atoms with E-state index in [2.05, 4.69) is 26.6 Å². The molecule has 2 amide bonds. The summed E-state index contributed by atoms with van der Waals surface area (Å²) in [6.07, 6.45) is -0.485. The van der Waals surface area contributed by atoms with Gasteiger partial charge in [0.05, 0.1) is 10.0 Å². The summed E-state index contributed by atoms with van der Waals surface area (Å²) in [6, 6.07) is 14.2. The molecule has 0 saturated heterocycles. The van der Waals surface area contributed by atoms with E-state index < -0.39 is 11.7 Å². The molecule has 6 nitrogen and oxygen atoms in total. The summed E-state index contributed by atoms with van der Waals surface area (Å²) in [6.45, 7) is 9.82. The highest BCUT2D eigenvalue weighted by Gasteiger charge is 2.17. The maximum Gasteiger partial charge on any atom is 0.407 e. The van der Waals surface area contributed by atoms with E-state index in [4.69, 9.17) is 32.7 Å². The van der Waals surface area contributed by atoms with Crippen LogP contribution in [-0.2, 0) is 17.8 Å². The van der Waals surface area contributed by atoms with Crippen LogP contribution in [0.1, 0.15) is 53.4 Å². The molecule has 0 atom stereocenters. The number of ether oxygens (including phenoxy) is 2. The van der Waals surface area contributed by atoms with Crippen LogP contribution in [0.25, 0.3) is 0 Å². The van der Waals surface area contributed by atoms with Crippen molar-refractivity contribution in [2.75, 3.05) is 0 Å². The molecule has 3 rings (SSSR count). The van der Waals surface area contributed by atoms with Crippen molar-refractivity contribution in [3.05, 3.63) is 90.9 Å². The van der Waals surface area contributed by atoms with E-state index in [9.17, 15) is 9.59 Å². The maximum atomic E-state index is 13.0. The molecule has 0 fully saturated rings. The lowest BCUT2D eigenvalue weighted by Gasteiger charge is -2.20. The van der Waals surface area contributed by atoms with Crippen LogP contribution in [0, 0.1) is 13.8 Å². The molecule has 196 valence electrons. The Morgan fingerprint density at radius 2 is 1.57 bits per heavy atom. The number of hydrogen-bond acceptors (Lipinski definition) is 4. The van der Waals surface area contributed by atoms with Gasteiger partial charge in [0, 0.05) is 34.8 Å². The van der Waals surface area contributed by atoms with E-state index in [1.165, 1.54) is 0 Å². The molecule has 0 bridgehead atoms. The van der Waals surface area contributed by atoms with Gasteiger partial charge in [0.15, 0.2) is 0 Å². The molecule has 3 aromatic carbocycles. The van der Waals surface area contributed by atoms with E-state index >= 15 is 0 Å². The first-order valence-electron chi connectivity index (χ1n) is 11.6. The zero-order valence-corrected chi connectivity index (χ0v) is 24.4. The highest BCUT2D eigenvalue weighted by molar-refractivity contribution is 9.10. The van der Waals surface area contributed by atoms with Crippen LogP contribution in [0.2, 0.25) is 10.0 Å². The van der Waals surface area contributed by atoms with E-state index in [-0.39, 0.29) is 12.5 Å². The molecule has 0 spiro atoms. The van der Waals surface area contributed by atoms with Gasteiger partial charge in [-0.05, 0) is 87.7 Å². The Labute approximate surface area is 235 Å². The molecule has 0 radical (unpaired) electrons. The molecule has 9 heteroatoms. The first-order valence-corrected chi connectivity index (χ1v) is 13.1. The molecular weight excluding hydrogens is 579 g/mol. The van der Waals surface area contributed by atoms with Crippen molar-refractivity contribution in [2.45, 2.75) is 53.3 Å². The third kappa shape index (κ3) is 8.38. The summed E-state index contributed by atoms with van der Waals surface area (Å²) in [7, 11) is 0. The molecule has 0 heterocycles. The van der Waals surface area contributed by atoms with Crippen molar-refractivity contribution in [3.8, 4) is 11.5 Å². The molecule has 2 N–H and O–H groups in total. The minimum atomic E-state index is -0.572. The van der Waals surface area contributed by atoms with Crippen molar-refractivity contribution in [1.29, 1.82) is 0 Å². The number of benzene rings is 3. The number of hydrogen-bond donors (Lipinski definition) is 2. The minimum Gasteiger partial charge on any atom is -0.457 e. The van der Waals surface area contributed by atoms with Gasteiger partial charge in [0.2, 0.25) is 0 Å². The van der Waals surface area contributed by atoms with Gasteiger partial charge in [0.1, 0.15) is 17.1 Å². The monoisotopic (exact) mass is 606 g/mol. The topological polar surface area (TPSA) is 76.7 Å². The Morgan fingerprint density at radius 1 is 0.892 bits per heavy atom. The second kappa shape index (κ2) is 12.2. The van der Waals surface area contributed by atoms with Gasteiger partial charge < -0.3 is 20.1 Å². The molecule has 0 saturated carbocycles. The van der Waals surface area contributed by atoms with Crippen LogP contribution in [0.5, 0.6) is 11.5 Å². The standard InChI is InChI=1S/C28H29BrCl2N2O4/c1-16-10-19(11-17(2)22(16)15-33-27(35)37-28(3,4)5)26(34)32-14-18-6-7-20(29)12-25(18)36-21-8-9-23(30)24(31)13-21/h6-13H,14-15H2,1-5H3,(H,32,34)(H,33,35). The van der Waals surface area contributed by atoms with Crippen molar-refractivity contribution in [3.63, 3.8) is 0 Å². The minimum absolute atomic E-state index is 0.221. The normalized spacial score (nSPS) is 11.1. The summed E-state index contributed by atoms with van der Waals surface area (Å²) < 4.78 is 12.2. The third-order valence-electron chi connectivity index (χ3n) is 5.35. The molecule has 0 aliphatic carbocycles. The number of alkyl carbamates (subject to hydrolysis) is 1. The predicted molar refractivity (Wildman–Crippen MR) is 151 cm³/mol. The fraction of sp³-hybridized carbons (Fsp3) is 0.286. The Kier molecular flexibility index (Phi) is 9.51. The summed E-state index contributed by atoms with van der Waals surface area (Å²) in [5, 5.41) is 6.56. The number of halogens is 3. The van der Waals surface area contributed by atoms with Gasteiger partial charge in [-0.1, -0.05) is 45.2 Å².